The average Bonchev–Trinajstić information content (AvgIpc) is 2.79. The fourth-order valence-electron chi connectivity index (χ4n) is 4.50. The lowest BCUT2D eigenvalue weighted by molar-refractivity contribution is -0.130. The molecule has 154 valence electrons. The maximum Gasteiger partial charge on any atom is 0.231 e. The largest absolute Gasteiger partial charge is 0.381 e. The first kappa shape index (κ1) is 20.2. The third-order valence-corrected chi connectivity index (χ3v) is 6.51. The van der Waals surface area contributed by atoms with Gasteiger partial charge in [0.2, 0.25) is 5.91 Å². The van der Waals surface area contributed by atoms with Crippen LogP contribution in [0.25, 0.3) is 0 Å². The number of anilines is 1. The second-order valence-corrected chi connectivity index (χ2v) is 8.54. The lowest BCUT2D eigenvalue weighted by Gasteiger charge is -2.36. The Morgan fingerprint density at radius 1 is 1.03 bits per heavy atom. The molecule has 4 rings (SSSR count). The predicted octanol–water partition coefficient (Wildman–Crippen LogP) is 4.69. The normalized spacial score (nSPS) is 19.0. The highest BCUT2D eigenvalue weighted by atomic mass is 35.5. The molecule has 0 unspecified atom stereocenters. The lowest BCUT2D eigenvalue weighted by Crippen LogP contribution is -2.47. The summed E-state index contributed by atoms with van der Waals surface area (Å²) in [4.78, 5) is 15.8. The Hall–Kier alpha value is -2.04. The number of piperidine rings is 1. The van der Waals surface area contributed by atoms with Crippen LogP contribution in [0.5, 0.6) is 0 Å². The van der Waals surface area contributed by atoms with Crippen molar-refractivity contribution in [2.24, 2.45) is 0 Å². The van der Waals surface area contributed by atoms with Crippen LogP contribution in [0.1, 0.15) is 43.2 Å². The second-order valence-electron chi connectivity index (χ2n) is 8.10. The fraction of sp³-hybridized carbons (Fsp3) is 0.458. The zero-order chi connectivity index (χ0) is 20.1. The van der Waals surface area contributed by atoms with E-state index in [1.165, 1.54) is 24.9 Å². The predicted molar refractivity (Wildman–Crippen MR) is 118 cm³/mol. The molecular formula is C24H29ClN2O2. The average molecular weight is 413 g/mol. The molecule has 4 nitrogen and oxygen atoms in total. The number of nitrogens with one attached hydrogen (secondary N) is 1. The van der Waals surface area contributed by atoms with Crippen LogP contribution in [0.15, 0.2) is 48.5 Å². The van der Waals surface area contributed by atoms with E-state index in [2.05, 4.69) is 34.5 Å². The Labute approximate surface area is 178 Å². The Kier molecular flexibility index (Phi) is 6.41. The molecule has 0 bridgehead atoms. The molecule has 1 amide bonds. The summed E-state index contributed by atoms with van der Waals surface area (Å²) < 4.78 is 5.55. The molecule has 2 aromatic carbocycles. The van der Waals surface area contributed by atoms with Crippen molar-refractivity contribution in [3.8, 4) is 0 Å². The van der Waals surface area contributed by atoms with Crippen LogP contribution >= 0.6 is 11.6 Å². The number of ether oxygens (including phenoxy) is 1. The Balaban J connectivity index is 1.48. The van der Waals surface area contributed by atoms with Crippen molar-refractivity contribution in [2.75, 3.05) is 31.2 Å². The molecule has 5 heteroatoms. The van der Waals surface area contributed by atoms with Crippen LogP contribution in [0, 0.1) is 0 Å². The van der Waals surface area contributed by atoms with Crippen molar-refractivity contribution >= 4 is 23.2 Å². The number of carbonyl (C=O) groups excluding carboxylic acids is 1. The van der Waals surface area contributed by atoms with Crippen molar-refractivity contribution in [3.05, 3.63) is 64.7 Å². The number of nitrogens with zero attached hydrogens (tertiary/aromatic N) is 1. The number of halogens is 1. The van der Waals surface area contributed by atoms with E-state index in [0.29, 0.717) is 37.6 Å². The lowest BCUT2D eigenvalue weighted by atomic mass is 9.73. The maximum atomic E-state index is 13.4. The van der Waals surface area contributed by atoms with Crippen LogP contribution in [-0.4, -0.2) is 32.2 Å². The maximum absolute atomic E-state index is 13.4. The molecule has 0 radical (unpaired) electrons. The van der Waals surface area contributed by atoms with Gasteiger partial charge >= 0.3 is 0 Å². The monoisotopic (exact) mass is 412 g/mol. The molecular weight excluding hydrogens is 384 g/mol. The summed E-state index contributed by atoms with van der Waals surface area (Å²) >= 11 is 6.07. The Bertz CT molecular complexity index is 825. The summed E-state index contributed by atoms with van der Waals surface area (Å²) in [6.45, 7) is 3.97. The van der Waals surface area contributed by atoms with E-state index in [0.717, 1.165) is 24.2 Å². The van der Waals surface area contributed by atoms with E-state index in [4.69, 9.17) is 16.3 Å². The summed E-state index contributed by atoms with van der Waals surface area (Å²) in [6.07, 6.45) is 5.21. The third-order valence-electron chi connectivity index (χ3n) is 6.26. The van der Waals surface area contributed by atoms with Gasteiger partial charge in [-0.05, 0) is 67.5 Å². The van der Waals surface area contributed by atoms with Gasteiger partial charge in [-0.25, -0.2) is 0 Å². The van der Waals surface area contributed by atoms with Crippen molar-refractivity contribution in [2.45, 2.75) is 44.1 Å². The van der Waals surface area contributed by atoms with Gasteiger partial charge in [0.25, 0.3) is 0 Å². The molecule has 0 aromatic heterocycles. The molecule has 0 atom stereocenters. The van der Waals surface area contributed by atoms with Crippen LogP contribution < -0.4 is 10.2 Å². The van der Waals surface area contributed by atoms with E-state index in [1.54, 1.807) is 0 Å². The molecule has 1 N–H and O–H groups in total. The minimum atomic E-state index is -0.548. The highest BCUT2D eigenvalue weighted by molar-refractivity contribution is 6.30. The zero-order valence-corrected chi connectivity index (χ0v) is 17.6. The van der Waals surface area contributed by atoms with Gasteiger partial charge in [-0.3, -0.25) is 4.79 Å². The van der Waals surface area contributed by atoms with Crippen LogP contribution in [0.4, 0.5) is 5.69 Å². The minimum absolute atomic E-state index is 0.0755. The van der Waals surface area contributed by atoms with Crippen LogP contribution in [0.3, 0.4) is 0 Å². The number of hydrogen-bond donors (Lipinski definition) is 1. The highest BCUT2D eigenvalue weighted by Gasteiger charge is 2.41. The number of benzene rings is 2. The molecule has 0 spiro atoms. The van der Waals surface area contributed by atoms with Gasteiger partial charge in [-0.1, -0.05) is 35.9 Å². The summed E-state index contributed by atoms with van der Waals surface area (Å²) in [5, 5.41) is 3.89. The smallest absolute Gasteiger partial charge is 0.231 e. The number of carbonyl (C=O) groups is 1. The molecule has 0 saturated carbocycles. The molecule has 29 heavy (non-hydrogen) atoms. The zero-order valence-electron chi connectivity index (χ0n) is 16.8. The van der Waals surface area contributed by atoms with Crippen molar-refractivity contribution in [1.29, 1.82) is 0 Å². The molecule has 2 aromatic rings. The standard InChI is InChI=1S/C24H29ClN2O2/c25-21-9-7-20(8-10-21)24(11-15-29-16-12-24)23(28)26-18-19-5-4-6-22(17-19)27-13-2-1-3-14-27/h4-10,17H,1-3,11-16,18H2,(H,26,28). The summed E-state index contributed by atoms with van der Waals surface area (Å²) in [5.74, 6) is 0.0755. The summed E-state index contributed by atoms with van der Waals surface area (Å²) in [5.41, 5.74) is 2.87. The Morgan fingerprint density at radius 3 is 2.48 bits per heavy atom. The van der Waals surface area contributed by atoms with Gasteiger partial charge < -0.3 is 15.0 Å². The topological polar surface area (TPSA) is 41.6 Å². The fourth-order valence-corrected chi connectivity index (χ4v) is 4.63. The van der Waals surface area contributed by atoms with Crippen LogP contribution in [-0.2, 0) is 21.5 Å². The van der Waals surface area contributed by atoms with E-state index < -0.39 is 5.41 Å². The highest BCUT2D eigenvalue weighted by Crippen LogP contribution is 2.36. The number of rotatable bonds is 5. The van der Waals surface area contributed by atoms with E-state index in [-0.39, 0.29) is 5.91 Å². The van der Waals surface area contributed by atoms with Crippen molar-refractivity contribution < 1.29 is 9.53 Å². The van der Waals surface area contributed by atoms with E-state index in [1.807, 2.05) is 24.3 Å². The first-order valence-electron chi connectivity index (χ1n) is 10.6. The van der Waals surface area contributed by atoms with Crippen molar-refractivity contribution in [1.82, 2.24) is 5.32 Å². The molecule has 2 saturated heterocycles. The first-order valence-corrected chi connectivity index (χ1v) is 11.0. The van der Waals surface area contributed by atoms with Gasteiger partial charge in [0.1, 0.15) is 0 Å². The minimum Gasteiger partial charge on any atom is -0.381 e. The van der Waals surface area contributed by atoms with Gasteiger partial charge in [0.15, 0.2) is 0 Å². The molecule has 2 fully saturated rings. The second kappa shape index (κ2) is 9.19. The van der Waals surface area contributed by atoms with Crippen molar-refractivity contribution in [3.63, 3.8) is 0 Å². The van der Waals surface area contributed by atoms with Gasteiger partial charge in [0.05, 0.1) is 5.41 Å². The summed E-state index contributed by atoms with van der Waals surface area (Å²) in [7, 11) is 0. The molecule has 2 aliphatic rings. The Morgan fingerprint density at radius 2 is 1.76 bits per heavy atom. The van der Waals surface area contributed by atoms with Crippen LogP contribution in [0.2, 0.25) is 5.02 Å². The van der Waals surface area contributed by atoms with E-state index >= 15 is 0 Å². The summed E-state index contributed by atoms with van der Waals surface area (Å²) in [6, 6.07) is 16.2. The van der Waals surface area contributed by atoms with E-state index in [9.17, 15) is 4.79 Å². The molecule has 0 aliphatic carbocycles. The molecule has 2 aliphatic heterocycles. The van der Waals surface area contributed by atoms with Gasteiger partial charge in [-0.15, -0.1) is 0 Å². The first-order chi connectivity index (χ1) is 14.2. The van der Waals surface area contributed by atoms with Gasteiger partial charge in [-0.2, -0.15) is 0 Å². The third kappa shape index (κ3) is 4.59. The number of amides is 1. The molecule has 2 heterocycles. The number of hydrogen-bond acceptors (Lipinski definition) is 3. The SMILES string of the molecule is O=C(NCc1cccc(N2CCCCC2)c1)C1(c2ccc(Cl)cc2)CCOCC1. The van der Waals surface area contributed by atoms with Gasteiger partial charge in [0, 0.05) is 43.6 Å². The quantitative estimate of drug-likeness (QED) is 0.774.